The van der Waals surface area contributed by atoms with Gasteiger partial charge in [-0.2, -0.15) is 0 Å². The standard InChI is InChI=1S/C27H34N2O5/c1-17(15-23(30)31)13-14-28-25(32)24(27(2,3)4)29-26(33)34-16-22-20-11-7-5-9-18(20)19-10-6-8-12-21(19)22/h5-12,17,22,24H,13-16H2,1-4H3,(H,28,32)(H,29,33)(H,30,31). The summed E-state index contributed by atoms with van der Waals surface area (Å²) in [5.41, 5.74) is 4.00. The second-order valence-corrected chi connectivity index (χ2v) is 10.1. The van der Waals surface area contributed by atoms with Gasteiger partial charge in [0.25, 0.3) is 0 Å². The Balaban J connectivity index is 1.59. The van der Waals surface area contributed by atoms with E-state index in [1.807, 2.05) is 52.0 Å². The van der Waals surface area contributed by atoms with Gasteiger partial charge < -0.3 is 20.5 Å². The maximum absolute atomic E-state index is 12.8. The lowest BCUT2D eigenvalue weighted by Gasteiger charge is -2.30. The molecule has 2 atom stereocenters. The molecule has 0 aromatic heterocycles. The molecule has 0 radical (unpaired) electrons. The van der Waals surface area contributed by atoms with Gasteiger partial charge in [0.15, 0.2) is 0 Å². The number of benzene rings is 2. The molecule has 7 nitrogen and oxygen atoms in total. The van der Waals surface area contributed by atoms with Gasteiger partial charge in [-0.1, -0.05) is 76.2 Å². The molecular weight excluding hydrogens is 432 g/mol. The number of carboxylic acids is 1. The highest BCUT2D eigenvalue weighted by Crippen LogP contribution is 2.44. The lowest BCUT2D eigenvalue weighted by molar-refractivity contribution is -0.138. The van der Waals surface area contributed by atoms with E-state index in [2.05, 4.69) is 34.9 Å². The molecule has 7 heteroatoms. The maximum atomic E-state index is 12.8. The van der Waals surface area contributed by atoms with Gasteiger partial charge >= 0.3 is 12.1 Å². The molecule has 1 aliphatic carbocycles. The summed E-state index contributed by atoms with van der Waals surface area (Å²) >= 11 is 0. The number of carbonyl (C=O) groups excluding carboxylic acids is 2. The van der Waals surface area contributed by atoms with Crippen molar-refractivity contribution in [3.63, 3.8) is 0 Å². The van der Waals surface area contributed by atoms with Crippen molar-refractivity contribution >= 4 is 18.0 Å². The summed E-state index contributed by atoms with van der Waals surface area (Å²) in [4.78, 5) is 36.3. The van der Waals surface area contributed by atoms with Crippen LogP contribution in [0.1, 0.15) is 57.6 Å². The Hall–Kier alpha value is -3.35. The smallest absolute Gasteiger partial charge is 0.407 e. The van der Waals surface area contributed by atoms with Crippen molar-refractivity contribution in [1.82, 2.24) is 10.6 Å². The fourth-order valence-corrected chi connectivity index (χ4v) is 4.38. The van der Waals surface area contributed by atoms with Gasteiger partial charge in [0, 0.05) is 18.9 Å². The minimum Gasteiger partial charge on any atom is -0.481 e. The maximum Gasteiger partial charge on any atom is 0.407 e. The van der Waals surface area contributed by atoms with Crippen molar-refractivity contribution in [2.24, 2.45) is 11.3 Å². The Morgan fingerprint density at radius 1 is 1.00 bits per heavy atom. The lowest BCUT2D eigenvalue weighted by Crippen LogP contribution is -2.54. The minimum absolute atomic E-state index is 0.0522. The summed E-state index contributed by atoms with van der Waals surface area (Å²) in [6.45, 7) is 7.95. The zero-order valence-electron chi connectivity index (χ0n) is 20.3. The normalized spacial score (nSPS) is 14.5. The molecule has 3 N–H and O–H groups in total. The largest absolute Gasteiger partial charge is 0.481 e. The highest BCUT2D eigenvalue weighted by atomic mass is 16.5. The molecule has 0 bridgehead atoms. The fraction of sp³-hybridized carbons (Fsp3) is 0.444. The van der Waals surface area contributed by atoms with Crippen molar-refractivity contribution in [3.8, 4) is 11.1 Å². The molecule has 2 aromatic carbocycles. The number of ether oxygens (including phenoxy) is 1. The number of hydrogen-bond donors (Lipinski definition) is 3. The summed E-state index contributed by atoms with van der Waals surface area (Å²) in [6, 6.07) is 15.4. The average Bonchev–Trinajstić information content (AvgIpc) is 3.08. The van der Waals surface area contributed by atoms with Crippen LogP contribution < -0.4 is 10.6 Å². The van der Waals surface area contributed by atoms with Crippen LogP contribution in [-0.2, 0) is 14.3 Å². The number of fused-ring (bicyclic) bond motifs is 3. The minimum atomic E-state index is -0.858. The van der Waals surface area contributed by atoms with Crippen molar-refractivity contribution < 1.29 is 24.2 Å². The third-order valence-electron chi connectivity index (χ3n) is 6.19. The van der Waals surface area contributed by atoms with Crippen LogP contribution in [0.2, 0.25) is 0 Å². The summed E-state index contributed by atoms with van der Waals surface area (Å²) in [5.74, 6) is -1.29. The van der Waals surface area contributed by atoms with Crippen LogP contribution in [0.4, 0.5) is 4.79 Å². The van der Waals surface area contributed by atoms with Crippen LogP contribution in [-0.4, -0.2) is 42.3 Å². The zero-order chi connectivity index (χ0) is 24.9. The van der Waals surface area contributed by atoms with Gasteiger partial charge in [0.2, 0.25) is 5.91 Å². The number of nitrogens with one attached hydrogen (secondary N) is 2. The van der Waals surface area contributed by atoms with Crippen LogP contribution in [0.3, 0.4) is 0 Å². The molecule has 0 fully saturated rings. The number of rotatable bonds is 9. The average molecular weight is 467 g/mol. The number of aliphatic carboxylic acids is 1. The summed E-state index contributed by atoms with van der Waals surface area (Å²) in [6.07, 6.45) is -0.0488. The monoisotopic (exact) mass is 466 g/mol. The third-order valence-corrected chi connectivity index (χ3v) is 6.19. The predicted octanol–water partition coefficient (Wildman–Crippen LogP) is 4.56. The van der Waals surface area contributed by atoms with Crippen LogP contribution >= 0.6 is 0 Å². The van der Waals surface area contributed by atoms with Gasteiger partial charge in [-0.05, 0) is 40.0 Å². The van der Waals surface area contributed by atoms with E-state index in [0.29, 0.717) is 13.0 Å². The van der Waals surface area contributed by atoms with Crippen LogP contribution in [0.15, 0.2) is 48.5 Å². The topological polar surface area (TPSA) is 105 Å². The van der Waals surface area contributed by atoms with Crippen LogP contribution in [0.25, 0.3) is 11.1 Å². The quantitative estimate of drug-likeness (QED) is 0.503. The van der Waals surface area contributed by atoms with E-state index in [1.54, 1.807) is 0 Å². The molecular formula is C27H34N2O5. The van der Waals surface area contributed by atoms with Gasteiger partial charge in [0.05, 0.1) is 0 Å². The molecule has 0 saturated carbocycles. The number of carbonyl (C=O) groups is 3. The Labute approximate surface area is 200 Å². The van der Waals surface area contributed by atoms with E-state index in [4.69, 9.17) is 9.84 Å². The van der Waals surface area contributed by atoms with E-state index in [1.165, 1.54) is 0 Å². The molecule has 2 amide bonds. The Morgan fingerprint density at radius 2 is 1.56 bits per heavy atom. The van der Waals surface area contributed by atoms with Crippen LogP contribution in [0, 0.1) is 11.3 Å². The first kappa shape index (κ1) is 25.3. The number of carboxylic acid groups (broad SMARTS) is 1. The molecule has 182 valence electrons. The van der Waals surface area contributed by atoms with Crippen molar-refractivity contribution in [3.05, 3.63) is 59.7 Å². The molecule has 2 aromatic rings. The Morgan fingerprint density at radius 3 is 2.09 bits per heavy atom. The molecule has 2 unspecified atom stereocenters. The van der Waals surface area contributed by atoms with Gasteiger partial charge in [-0.15, -0.1) is 0 Å². The summed E-state index contributed by atoms with van der Waals surface area (Å²) < 4.78 is 5.61. The Kier molecular flexibility index (Phi) is 7.97. The number of hydrogen-bond acceptors (Lipinski definition) is 4. The molecule has 3 rings (SSSR count). The molecule has 0 aliphatic heterocycles. The lowest BCUT2D eigenvalue weighted by atomic mass is 9.86. The van der Waals surface area contributed by atoms with Gasteiger partial charge in [0.1, 0.15) is 12.6 Å². The molecule has 0 heterocycles. The first-order valence-electron chi connectivity index (χ1n) is 11.7. The molecule has 0 spiro atoms. The number of amides is 2. The van der Waals surface area contributed by atoms with E-state index < -0.39 is 23.5 Å². The number of alkyl carbamates (subject to hydrolysis) is 1. The zero-order valence-corrected chi connectivity index (χ0v) is 20.3. The summed E-state index contributed by atoms with van der Waals surface area (Å²) in [7, 11) is 0. The first-order valence-corrected chi connectivity index (χ1v) is 11.7. The second-order valence-electron chi connectivity index (χ2n) is 10.1. The van der Waals surface area contributed by atoms with E-state index >= 15 is 0 Å². The Bertz CT molecular complexity index is 998. The van der Waals surface area contributed by atoms with Crippen molar-refractivity contribution in [2.45, 2.75) is 52.5 Å². The second kappa shape index (κ2) is 10.7. The van der Waals surface area contributed by atoms with Crippen molar-refractivity contribution in [2.75, 3.05) is 13.2 Å². The first-order chi connectivity index (χ1) is 16.1. The van der Waals surface area contributed by atoms with E-state index in [0.717, 1.165) is 22.3 Å². The highest BCUT2D eigenvalue weighted by molar-refractivity contribution is 5.86. The molecule has 1 aliphatic rings. The van der Waals surface area contributed by atoms with Crippen molar-refractivity contribution in [1.29, 1.82) is 0 Å². The van der Waals surface area contributed by atoms with Gasteiger partial charge in [-0.25, -0.2) is 4.79 Å². The molecule has 34 heavy (non-hydrogen) atoms. The third kappa shape index (κ3) is 6.16. The fourth-order valence-electron chi connectivity index (χ4n) is 4.38. The molecule has 0 saturated heterocycles. The van der Waals surface area contributed by atoms with Gasteiger partial charge in [-0.3, -0.25) is 9.59 Å². The SMILES string of the molecule is CC(CCNC(=O)C(NC(=O)OCC1c2ccccc2-c2ccccc21)C(C)(C)C)CC(=O)O. The van der Waals surface area contributed by atoms with Crippen LogP contribution in [0.5, 0.6) is 0 Å². The predicted molar refractivity (Wildman–Crippen MR) is 130 cm³/mol. The van der Waals surface area contributed by atoms with E-state index in [-0.39, 0.29) is 30.8 Å². The van der Waals surface area contributed by atoms with E-state index in [9.17, 15) is 14.4 Å². The summed E-state index contributed by atoms with van der Waals surface area (Å²) in [5, 5.41) is 14.4. The highest BCUT2D eigenvalue weighted by Gasteiger charge is 2.34.